The Bertz CT molecular complexity index is 863. The van der Waals surface area contributed by atoms with E-state index >= 15 is 0 Å². The smallest absolute Gasteiger partial charge is 0.233 e. The average Bonchev–Trinajstić information content (AvgIpc) is 3.14. The summed E-state index contributed by atoms with van der Waals surface area (Å²) in [5.74, 6) is 0.692. The largest absolute Gasteiger partial charge is 0.467 e. The van der Waals surface area contributed by atoms with Crippen LogP contribution in [0.3, 0.4) is 0 Å². The summed E-state index contributed by atoms with van der Waals surface area (Å²) in [4.78, 5) is 18.7. The van der Waals surface area contributed by atoms with Gasteiger partial charge in [0.1, 0.15) is 16.9 Å². The Morgan fingerprint density at radius 3 is 2.69 bits per heavy atom. The number of aryl methyl sites for hydroxylation is 1. The number of hydrogen-bond acceptors (Lipinski definition) is 6. The summed E-state index contributed by atoms with van der Waals surface area (Å²) >= 11 is 1.25. The molecule has 0 N–H and O–H groups in total. The molecule has 7 heteroatoms. The van der Waals surface area contributed by atoms with Crippen LogP contribution in [-0.4, -0.2) is 28.1 Å². The normalized spacial score (nSPS) is 10.2. The SMILES string of the molecule is Cc1nc(SCC(=O)N(CCC#N)Cc2ccco2)c(C#N)c(C)c1C. The van der Waals surface area contributed by atoms with Gasteiger partial charge < -0.3 is 9.32 Å². The average molecular weight is 368 g/mol. The topological polar surface area (TPSA) is 93.9 Å². The first kappa shape index (κ1) is 19.6. The first-order valence-corrected chi connectivity index (χ1v) is 9.14. The third-order valence-electron chi connectivity index (χ3n) is 4.18. The lowest BCUT2D eigenvalue weighted by Gasteiger charge is -2.20. The number of pyridine rings is 1. The summed E-state index contributed by atoms with van der Waals surface area (Å²) in [5.41, 5.74) is 3.26. The van der Waals surface area contributed by atoms with Gasteiger partial charge in [0, 0.05) is 12.2 Å². The molecule has 0 saturated carbocycles. The molecule has 0 fully saturated rings. The Morgan fingerprint density at radius 2 is 2.08 bits per heavy atom. The summed E-state index contributed by atoms with van der Waals surface area (Å²) in [6.07, 6.45) is 1.81. The quantitative estimate of drug-likeness (QED) is 0.694. The molecular formula is C19H20N4O2S. The Morgan fingerprint density at radius 1 is 1.31 bits per heavy atom. The van der Waals surface area contributed by atoms with Crippen molar-refractivity contribution in [3.05, 3.63) is 46.5 Å². The number of nitrogens with zero attached hydrogens (tertiary/aromatic N) is 4. The zero-order valence-electron chi connectivity index (χ0n) is 15.1. The van der Waals surface area contributed by atoms with Crippen LogP contribution in [0, 0.1) is 43.4 Å². The summed E-state index contributed by atoms with van der Waals surface area (Å²) in [7, 11) is 0. The van der Waals surface area contributed by atoms with Crippen LogP contribution >= 0.6 is 11.8 Å². The number of rotatable bonds is 7. The maximum Gasteiger partial charge on any atom is 0.233 e. The molecule has 26 heavy (non-hydrogen) atoms. The number of hydrogen-bond donors (Lipinski definition) is 0. The molecule has 0 aromatic carbocycles. The maximum atomic E-state index is 12.6. The van der Waals surface area contributed by atoms with E-state index in [2.05, 4.69) is 17.1 Å². The number of carbonyl (C=O) groups excluding carboxylic acids is 1. The van der Waals surface area contributed by atoms with Crippen LogP contribution in [0.4, 0.5) is 0 Å². The predicted octanol–water partition coefficient (Wildman–Crippen LogP) is 3.51. The fraction of sp³-hybridized carbons (Fsp3) is 0.368. The highest BCUT2D eigenvalue weighted by atomic mass is 32.2. The third kappa shape index (κ3) is 4.65. The van der Waals surface area contributed by atoms with Gasteiger partial charge in [-0.3, -0.25) is 4.79 Å². The molecule has 6 nitrogen and oxygen atoms in total. The molecule has 0 spiro atoms. The van der Waals surface area contributed by atoms with Crippen LogP contribution < -0.4 is 0 Å². The molecule has 1 amide bonds. The Kier molecular flexibility index (Phi) is 6.82. The van der Waals surface area contributed by atoms with Gasteiger partial charge in [0.2, 0.25) is 5.91 Å². The van der Waals surface area contributed by atoms with Crippen molar-refractivity contribution < 1.29 is 9.21 Å². The van der Waals surface area contributed by atoms with E-state index in [0.29, 0.717) is 29.4 Å². The van der Waals surface area contributed by atoms with Crippen LogP contribution in [0.25, 0.3) is 0 Å². The van der Waals surface area contributed by atoms with E-state index in [1.165, 1.54) is 11.8 Å². The number of carbonyl (C=O) groups is 1. The monoisotopic (exact) mass is 368 g/mol. The lowest BCUT2D eigenvalue weighted by Crippen LogP contribution is -2.32. The van der Waals surface area contributed by atoms with Crippen molar-refractivity contribution in [1.29, 1.82) is 10.5 Å². The molecule has 134 valence electrons. The molecule has 0 atom stereocenters. The van der Waals surface area contributed by atoms with Crippen molar-refractivity contribution in [3.63, 3.8) is 0 Å². The fourth-order valence-electron chi connectivity index (χ4n) is 2.44. The van der Waals surface area contributed by atoms with Gasteiger partial charge in [-0.1, -0.05) is 11.8 Å². The molecule has 0 bridgehead atoms. The minimum absolute atomic E-state index is 0.122. The minimum Gasteiger partial charge on any atom is -0.467 e. The highest BCUT2D eigenvalue weighted by Gasteiger charge is 2.18. The van der Waals surface area contributed by atoms with Crippen LogP contribution in [0.15, 0.2) is 27.8 Å². The molecule has 0 aliphatic heterocycles. The first-order chi connectivity index (χ1) is 12.5. The van der Waals surface area contributed by atoms with Gasteiger partial charge in [-0.25, -0.2) is 4.98 Å². The Balaban J connectivity index is 2.12. The van der Waals surface area contributed by atoms with Gasteiger partial charge in [-0.15, -0.1) is 0 Å². The number of nitriles is 2. The number of amides is 1. The van der Waals surface area contributed by atoms with Gasteiger partial charge in [0.15, 0.2) is 0 Å². The molecule has 0 unspecified atom stereocenters. The molecule has 0 saturated heterocycles. The maximum absolute atomic E-state index is 12.6. The van der Waals surface area contributed by atoms with Crippen LogP contribution in [0.2, 0.25) is 0 Å². The molecule has 0 radical (unpaired) electrons. The van der Waals surface area contributed by atoms with Crippen molar-refractivity contribution in [1.82, 2.24) is 9.88 Å². The zero-order valence-corrected chi connectivity index (χ0v) is 15.9. The molecule has 2 heterocycles. The highest BCUT2D eigenvalue weighted by Crippen LogP contribution is 2.26. The van der Waals surface area contributed by atoms with E-state index in [0.717, 1.165) is 16.8 Å². The second-order valence-electron chi connectivity index (χ2n) is 5.83. The van der Waals surface area contributed by atoms with E-state index in [1.807, 2.05) is 20.8 Å². The van der Waals surface area contributed by atoms with Gasteiger partial charge in [-0.05, 0) is 44.0 Å². The summed E-state index contributed by atoms with van der Waals surface area (Å²) in [6, 6.07) is 7.80. The molecule has 0 aliphatic carbocycles. The van der Waals surface area contributed by atoms with Crippen molar-refractivity contribution in [2.45, 2.75) is 38.8 Å². The van der Waals surface area contributed by atoms with E-state index in [1.54, 1.807) is 23.3 Å². The molecule has 2 aromatic rings. The second kappa shape index (κ2) is 9.07. The third-order valence-corrected chi connectivity index (χ3v) is 5.14. The standard InChI is InChI=1S/C19H20N4O2S/c1-13-14(2)17(10-21)19(22-15(13)3)26-12-18(24)23(8-5-7-20)11-16-6-4-9-25-16/h4,6,9H,5,8,11-12H2,1-3H3. The van der Waals surface area contributed by atoms with Gasteiger partial charge in [-0.2, -0.15) is 10.5 Å². The molecular weight excluding hydrogens is 348 g/mol. The predicted molar refractivity (Wildman–Crippen MR) is 98.2 cm³/mol. The fourth-order valence-corrected chi connectivity index (χ4v) is 3.42. The van der Waals surface area contributed by atoms with Crippen molar-refractivity contribution in [3.8, 4) is 12.1 Å². The van der Waals surface area contributed by atoms with Crippen molar-refractivity contribution in [2.24, 2.45) is 0 Å². The van der Waals surface area contributed by atoms with Crippen LogP contribution in [0.1, 0.15) is 34.6 Å². The summed E-state index contributed by atoms with van der Waals surface area (Å²) in [5, 5.41) is 18.8. The number of aromatic nitrogens is 1. The lowest BCUT2D eigenvalue weighted by atomic mass is 10.1. The number of furan rings is 1. The summed E-state index contributed by atoms with van der Waals surface area (Å²) in [6.45, 7) is 6.38. The zero-order chi connectivity index (χ0) is 19.1. The lowest BCUT2D eigenvalue weighted by molar-refractivity contribution is -0.129. The highest BCUT2D eigenvalue weighted by molar-refractivity contribution is 8.00. The molecule has 0 aliphatic rings. The molecule has 2 aromatic heterocycles. The van der Waals surface area contributed by atoms with Crippen molar-refractivity contribution >= 4 is 17.7 Å². The van der Waals surface area contributed by atoms with E-state index < -0.39 is 0 Å². The van der Waals surface area contributed by atoms with Crippen LogP contribution in [0.5, 0.6) is 0 Å². The van der Waals surface area contributed by atoms with Crippen LogP contribution in [-0.2, 0) is 11.3 Å². The number of thioether (sulfide) groups is 1. The van der Waals surface area contributed by atoms with Gasteiger partial charge >= 0.3 is 0 Å². The van der Waals surface area contributed by atoms with Gasteiger partial charge in [0.05, 0.1) is 36.6 Å². The van der Waals surface area contributed by atoms with E-state index in [9.17, 15) is 10.1 Å². The van der Waals surface area contributed by atoms with E-state index in [-0.39, 0.29) is 18.1 Å². The Labute approximate surface area is 157 Å². The molecule has 2 rings (SSSR count). The second-order valence-corrected chi connectivity index (χ2v) is 6.79. The van der Waals surface area contributed by atoms with Crippen molar-refractivity contribution in [2.75, 3.05) is 12.3 Å². The first-order valence-electron chi connectivity index (χ1n) is 8.15. The van der Waals surface area contributed by atoms with Gasteiger partial charge in [0.25, 0.3) is 0 Å². The summed E-state index contributed by atoms with van der Waals surface area (Å²) < 4.78 is 5.30. The Hall–Kier alpha value is -2.77. The van der Waals surface area contributed by atoms with E-state index in [4.69, 9.17) is 9.68 Å². The minimum atomic E-state index is -0.122.